The fourth-order valence-electron chi connectivity index (χ4n) is 3.30. The van der Waals surface area contributed by atoms with Crippen LogP contribution in [0.15, 0.2) is 42.5 Å². The van der Waals surface area contributed by atoms with Gasteiger partial charge in [-0.3, -0.25) is 0 Å². The summed E-state index contributed by atoms with van der Waals surface area (Å²) >= 11 is 0. The Labute approximate surface area is 126 Å². The summed E-state index contributed by atoms with van der Waals surface area (Å²) in [5.41, 5.74) is 5.24. The minimum Gasteiger partial charge on any atom is -0.508 e. The van der Waals surface area contributed by atoms with Gasteiger partial charge in [0, 0.05) is 5.69 Å². The predicted molar refractivity (Wildman–Crippen MR) is 87.8 cm³/mol. The van der Waals surface area contributed by atoms with Crippen molar-refractivity contribution in [1.82, 2.24) is 0 Å². The van der Waals surface area contributed by atoms with Crippen molar-refractivity contribution >= 4 is 5.69 Å². The van der Waals surface area contributed by atoms with Gasteiger partial charge in [0.2, 0.25) is 0 Å². The number of benzene rings is 2. The van der Waals surface area contributed by atoms with Crippen LogP contribution in [-0.4, -0.2) is 5.11 Å². The average molecular weight is 281 g/mol. The van der Waals surface area contributed by atoms with Gasteiger partial charge in [-0.1, -0.05) is 38.1 Å². The molecule has 2 aromatic rings. The number of aryl methyl sites for hydroxylation is 2. The highest BCUT2D eigenvalue weighted by Crippen LogP contribution is 2.45. The highest BCUT2D eigenvalue weighted by Gasteiger charge is 2.35. The van der Waals surface area contributed by atoms with Gasteiger partial charge in [0.15, 0.2) is 0 Å². The summed E-state index contributed by atoms with van der Waals surface area (Å²) in [5.74, 6) is 0.321. The van der Waals surface area contributed by atoms with Crippen molar-refractivity contribution in [2.24, 2.45) is 5.41 Å². The van der Waals surface area contributed by atoms with E-state index in [0.29, 0.717) is 11.8 Å². The van der Waals surface area contributed by atoms with Gasteiger partial charge in [0.25, 0.3) is 0 Å². The van der Waals surface area contributed by atoms with Gasteiger partial charge in [0.1, 0.15) is 5.75 Å². The summed E-state index contributed by atoms with van der Waals surface area (Å²) in [5, 5.41) is 13.3. The minimum absolute atomic E-state index is 0.207. The average Bonchev–Trinajstić information content (AvgIpc) is 2.44. The largest absolute Gasteiger partial charge is 0.508 e. The van der Waals surface area contributed by atoms with E-state index < -0.39 is 0 Å². The standard InChI is InChI=1S/C19H23NO/c1-13-12-15(21)8-9-17(13)20-18-16-7-5-4-6-14(16)10-11-19(18,2)3/h4-9,12,18,20-21H,10-11H2,1-3H3. The molecule has 0 heterocycles. The third-order valence-corrected chi connectivity index (χ3v) is 4.70. The van der Waals surface area contributed by atoms with E-state index in [1.807, 2.05) is 19.1 Å². The lowest BCUT2D eigenvalue weighted by atomic mass is 9.70. The number of nitrogens with one attached hydrogen (secondary N) is 1. The second-order valence-electron chi connectivity index (χ2n) is 6.76. The second kappa shape index (κ2) is 5.10. The minimum atomic E-state index is 0.207. The maximum absolute atomic E-state index is 9.58. The van der Waals surface area contributed by atoms with Crippen LogP contribution in [-0.2, 0) is 6.42 Å². The molecule has 0 fully saturated rings. The van der Waals surface area contributed by atoms with E-state index in [0.717, 1.165) is 17.7 Å². The third-order valence-electron chi connectivity index (χ3n) is 4.70. The van der Waals surface area contributed by atoms with Crippen LogP contribution in [0, 0.1) is 12.3 Å². The Bertz CT molecular complexity index is 660. The van der Waals surface area contributed by atoms with E-state index >= 15 is 0 Å². The van der Waals surface area contributed by atoms with Crippen molar-refractivity contribution in [3.8, 4) is 5.75 Å². The highest BCUT2D eigenvalue weighted by molar-refractivity contribution is 5.55. The summed E-state index contributed by atoms with van der Waals surface area (Å²) in [6.07, 6.45) is 2.33. The fourth-order valence-corrected chi connectivity index (χ4v) is 3.30. The molecule has 0 spiro atoms. The van der Waals surface area contributed by atoms with Crippen molar-refractivity contribution in [3.63, 3.8) is 0 Å². The zero-order valence-corrected chi connectivity index (χ0v) is 13.0. The number of phenols is 1. The van der Waals surface area contributed by atoms with E-state index in [4.69, 9.17) is 0 Å². The van der Waals surface area contributed by atoms with E-state index in [-0.39, 0.29) is 5.41 Å². The van der Waals surface area contributed by atoms with Gasteiger partial charge in [-0.2, -0.15) is 0 Å². The summed E-state index contributed by atoms with van der Waals surface area (Å²) in [7, 11) is 0. The van der Waals surface area contributed by atoms with Crippen LogP contribution in [0.3, 0.4) is 0 Å². The Morgan fingerprint density at radius 3 is 2.67 bits per heavy atom. The first kappa shape index (κ1) is 14.0. The summed E-state index contributed by atoms with van der Waals surface area (Å²) in [4.78, 5) is 0. The van der Waals surface area contributed by atoms with Crippen LogP contribution in [0.2, 0.25) is 0 Å². The molecule has 0 aromatic heterocycles. The topological polar surface area (TPSA) is 32.3 Å². The molecule has 2 aromatic carbocycles. The molecule has 2 heteroatoms. The van der Waals surface area contributed by atoms with Gasteiger partial charge in [0.05, 0.1) is 6.04 Å². The quantitative estimate of drug-likeness (QED) is 0.773. The summed E-state index contributed by atoms with van der Waals surface area (Å²) in [6.45, 7) is 6.69. The lowest BCUT2D eigenvalue weighted by molar-refractivity contribution is 0.265. The number of hydrogen-bond acceptors (Lipinski definition) is 2. The Morgan fingerprint density at radius 1 is 1.14 bits per heavy atom. The van der Waals surface area contributed by atoms with Gasteiger partial charge in [-0.05, 0) is 60.1 Å². The lowest BCUT2D eigenvalue weighted by Gasteiger charge is -2.41. The Morgan fingerprint density at radius 2 is 1.90 bits per heavy atom. The molecule has 0 radical (unpaired) electrons. The first-order valence-electron chi connectivity index (χ1n) is 7.61. The van der Waals surface area contributed by atoms with Crippen molar-refractivity contribution in [1.29, 1.82) is 0 Å². The van der Waals surface area contributed by atoms with Gasteiger partial charge in [-0.25, -0.2) is 0 Å². The first-order valence-corrected chi connectivity index (χ1v) is 7.61. The van der Waals surface area contributed by atoms with E-state index in [9.17, 15) is 5.11 Å². The molecule has 21 heavy (non-hydrogen) atoms. The molecule has 0 saturated carbocycles. The molecule has 1 aliphatic carbocycles. The first-order chi connectivity index (χ1) is 9.97. The van der Waals surface area contributed by atoms with Crippen LogP contribution in [0.1, 0.15) is 43.0 Å². The zero-order chi connectivity index (χ0) is 15.0. The van der Waals surface area contributed by atoms with E-state index in [1.54, 1.807) is 6.07 Å². The second-order valence-corrected chi connectivity index (χ2v) is 6.76. The number of hydrogen-bond donors (Lipinski definition) is 2. The molecule has 0 aliphatic heterocycles. The highest BCUT2D eigenvalue weighted by atomic mass is 16.3. The van der Waals surface area contributed by atoms with Crippen LogP contribution < -0.4 is 5.32 Å². The maximum atomic E-state index is 9.58. The number of anilines is 1. The van der Waals surface area contributed by atoms with E-state index in [1.165, 1.54) is 17.5 Å². The van der Waals surface area contributed by atoms with Crippen LogP contribution >= 0.6 is 0 Å². The van der Waals surface area contributed by atoms with Gasteiger partial charge >= 0.3 is 0 Å². The summed E-state index contributed by atoms with van der Waals surface area (Å²) in [6, 6.07) is 14.6. The molecular formula is C19H23NO. The van der Waals surface area contributed by atoms with Crippen LogP contribution in [0.5, 0.6) is 5.75 Å². The number of fused-ring (bicyclic) bond motifs is 1. The monoisotopic (exact) mass is 281 g/mol. The van der Waals surface area contributed by atoms with Gasteiger partial charge in [-0.15, -0.1) is 0 Å². The van der Waals surface area contributed by atoms with Crippen molar-refractivity contribution in [2.75, 3.05) is 5.32 Å². The smallest absolute Gasteiger partial charge is 0.115 e. The van der Waals surface area contributed by atoms with Crippen molar-refractivity contribution in [3.05, 3.63) is 59.2 Å². The van der Waals surface area contributed by atoms with Gasteiger partial charge < -0.3 is 10.4 Å². The molecule has 0 saturated heterocycles. The van der Waals surface area contributed by atoms with Crippen LogP contribution in [0.25, 0.3) is 0 Å². The van der Waals surface area contributed by atoms with Crippen molar-refractivity contribution in [2.45, 2.75) is 39.7 Å². The molecule has 0 amide bonds. The molecule has 110 valence electrons. The molecule has 3 rings (SSSR count). The number of rotatable bonds is 2. The number of phenolic OH excluding ortho intramolecular Hbond substituents is 1. The molecule has 1 atom stereocenters. The fraction of sp³-hybridized carbons (Fsp3) is 0.368. The normalized spacial score (nSPS) is 19.9. The lowest BCUT2D eigenvalue weighted by Crippen LogP contribution is -2.33. The predicted octanol–water partition coefficient (Wildman–Crippen LogP) is 4.83. The maximum Gasteiger partial charge on any atom is 0.115 e. The molecular weight excluding hydrogens is 258 g/mol. The number of aromatic hydroxyl groups is 1. The molecule has 1 unspecified atom stereocenters. The Balaban J connectivity index is 1.99. The molecule has 2 N–H and O–H groups in total. The Hall–Kier alpha value is -1.96. The SMILES string of the molecule is Cc1cc(O)ccc1NC1c2ccccc2CCC1(C)C. The molecule has 0 bridgehead atoms. The third kappa shape index (κ3) is 2.63. The zero-order valence-electron chi connectivity index (χ0n) is 13.0. The van der Waals surface area contributed by atoms with E-state index in [2.05, 4.69) is 43.4 Å². The molecule has 1 aliphatic rings. The Kier molecular flexibility index (Phi) is 3.40. The summed E-state index contributed by atoms with van der Waals surface area (Å²) < 4.78 is 0. The molecule has 2 nitrogen and oxygen atoms in total. The van der Waals surface area contributed by atoms with Crippen LogP contribution in [0.4, 0.5) is 5.69 Å². The van der Waals surface area contributed by atoms with Crippen molar-refractivity contribution < 1.29 is 5.11 Å².